The number of nitrogens with one attached hydrogen (secondary N) is 2. The largest absolute Gasteiger partial charge is 0.573 e. The summed E-state index contributed by atoms with van der Waals surface area (Å²) in [6.45, 7) is 2.23. The van der Waals surface area contributed by atoms with Crippen molar-refractivity contribution >= 4 is 39.4 Å². The number of likely N-dealkylation sites (tertiary alicyclic amines) is 1. The van der Waals surface area contributed by atoms with Crippen LogP contribution in [0.2, 0.25) is 0 Å². The average Bonchev–Trinajstić information content (AvgIpc) is 3.03. The van der Waals surface area contributed by atoms with E-state index in [1.165, 1.54) is 30.0 Å². The lowest BCUT2D eigenvalue weighted by Crippen LogP contribution is -2.43. The molecule has 1 atom stereocenters. The lowest BCUT2D eigenvalue weighted by molar-refractivity contribution is -0.274. The summed E-state index contributed by atoms with van der Waals surface area (Å²) in [6, 6.07) is 5.34. The molecule has 0 radical (unpaired) electrons. The Bertz CT molecular complexity index is 1100. The van der Waals surface area contributed by atoms with E-state index in [0.717, 1.165) is 36.8 Å². The molecule has 1 aromatic rings. The highest BCUT2D eigenvalue weighted by atomic mass is 32.2. The van der Waals surface area contributed by atoms with Crippen LogP contribution in [0.1, 0.15) is 31.2 Å². The molecular formula is C23H25F3N6O2S. The molecule has 0 aromatic heterocycles. The van der Waals surface area contributed by atoms with Crippen molar-refractivity contribution in [1.82, 2.24) is 10.2 Å². The number of benzene rings is 1. The summed E-state index contributed by atoms with van der Waals surface area (Å²) in [5.74, 6) is 0.784. The minimum Gasteiger partial charge on any atom is -0.406 e. The van der Waals surface area contributed by atoms with Crippen LogP contribution >= 0.6 is 11.8 Å². The Hall–Kier alpha value is -3.15. The van der Waals surface area contributed by atoms with Crippen molar-refractivity contribution in [3.05, 3.63) is 42.0 Å². The Morgan fingerprint density at radius 3 is 2.91 bits per heavy atom. The molecule has 1 saturated heterocycles. The SMILES string of the molecule is N=C1C=CCN=C(C2CCCN(C3=NN=C(NC(=O)Cc4cccc(OC(F)(F)F)c4)CC3)C2)S1. The third kappa shape index (κ3) is 7.41. The number of aliphatic imine (C=N–C) groups is 1. The molecule has 2 N–H and O–H groups in total. The highest BCUT2D eigenvalue weighted by Gasteiger charge is 2.31. The van der Waals surface area contributed by atoms with Gasteiger partial charge < -0.3 is 15.0 Å². The first-order valence-corrected chi connectivity index (χ1v) is 12.1. The smallest absolute Gasteiger partial charge is 0.406 e. The molecule has 8 nitrogen and oxygen atoms in total. The predicted molar refractivity (Wildman–Crippen MR) is 130 cm³/mol. The van der Waals surface area contributed by atoms with E-state index >= 15 is 0 Å². The van der Waals surface area contributed by atoms with E-state index in [1.54, 1.807) is 12.1 Å². The summed E-state index contributed by atoms with van der Waals surface area (Å²) in [4.78, 5) is 19.2. The van der Waals surface area contributed by atoms with Gasteiger partial charge in [0.25, 0.3) is 0 Å². The molecule has 4 rings (SSSR count). The number of amides is 1. The maximum atomic E-state index is 12.4. The fraction of sp³-hybridized carbons (Fsp3) is 0.435. The van der Waals surface area contributed by atoms with Crippen LogP contribution in [0.5, 0.6) is 5.75 Å². The van der Waals surface area contributed by atoms with E-state index in [4.69, 9.17) is 5.41 Å². The number of nitrogens with zero attached hydrogens (tertiary/aromatic N) is 4. The van der Waals surface area contributed by atoms with Crippen molar-refractivity contribution in [3.63, 3.8) is 0 Å². The van der Waals surface area contributed by atoms with Gasteiger partial charge in [-0.05, 0) is 36.6 Å². The van der Waals surface area contributed by atoms with E-state index in [0.29, 0.717) is 35.8 Å². The van der Waals surface area contributed by atoms with Gasteiger partial charge in [0, 0.05) is 31.8 Å². The van der Waals surface area contributed by atoms with Gasteiger partial charge >= 0.3 is 6.36 Å². The second-order valence-corrected chi connectivity index (χ2v) is 9.38. The first-order valence-electron chi connectivity index (χ1n) is 11.3. The number of ether oxygens (including phenoxy) is 1. The van der Waals surface area contributed by atoms with Gasteiger partial charge in [-0.25, -0.2) is 0 Å². The molecule has 0 saturated carbocycles. The molecule has 0 bridgehead atoms. The summed E-state index contributed by atoms with van der Waals surface area (Å²) in [7, 11) is 0. The number of carbonyl (C=O) groups is 1. The Balaban J connectivity index is 1.32. The number of piperidine rings is 1. The van der Waals surface area contributed by atoms with Crippen LogP contribution < -0.4 is 10.1 Å². The lowest BCUT2D eigenvalue weighted by atomic mass is 9.98. The average molecular weight is 507 g/mol. The van der Waals surface area contributed by atoms with Crippen LogP contribution in [-0.4, -0.2) is 58.6 Å². The molecule has 35 heavy (non-hydrogen) atoms. The second kappa shape index (κ2) is 11.1. The van der Waals surface area contributed by atoms with Crippen LogP contribution in [-0.2, 0) is 11.2 Å². The van der Waals surface area contributed by atoms with Crippen molar-refractivity contribution in [2.75, 3.05) is 19.6 Å². The van der Waals surface area contributed by atoms with Gasteiger partial charge in [-0.2, -0.15) is 0 Å². The van der Waals surface area contributed by atoms with Gasteiger partial charge in [0.05, 0.1) is 23.1 Å². The Labute approximate surface area is 204 Å². The minimum absolute atomic E-state index is 0.109. The van der Waals surface area contributed by atoms with Crippen LogP contribution in [0.3, 0.4) is 0 Å². The molecule has 186 valence electrons. The molecule has 0 aliphatic carbocycles. The number of alkyl halides is 3. The highest BCUT2D eigenvalue weighted by Crippen LogP contribution is 2.27. The van der Waals surface area contributed by atoms with E-state index in [2.05, 4.69) is 30.1 Å². The monoisotopic (exact) mass is 506 g/mol. The second-order valence-electron chi connectivity index (χ2n) is 8.32. The van der Waals surface area contributed by atoms with E-state index in [-0.39, 0.29) is 24.0 Å². The summed E-state index contributed by atoms with van der Waals surface area (Å²) in [5.41, 5.74) is 0.395. The van der Waals surface area contributed by atoms with Crippen LogP contribution in [0.15, 0.2) is 51.6 Å². The molecule has 12 heteroatoms. The number of rotatable bonds is 4. The first kappa shape index (κ1) is 25.0. The minimum atomic E-state index is -4.79. The molecule has 1 unspecified atom stereocenters. The van der Waals surface area contributed by atoms with Gasteiger partial charge in [-0.15, -0.1) is 23.4 Å². The molecule has 1 amide bonds. The summed E-state index contributed by atoms with van der Waals surface area (Å²) in [5, 5.41) is 20.7. The van der Waals surface area contributed by atoms with Gasteiger partial charge in [0.2, 0.25) is 5.91 Å². The summed E-state index contributed by atoms with van der Waals surface area (Å²) >= 11 is 1.42. The molecular weight excluding hydrogens is 481 g/mol. The van der Waals surface area contributed by atoms with Crippen molar-refractivity contribution in [1.29, 1.82) is 5.41 Å². The van der Waals surface area contributed by atoms with Crippen LogP contribution in [0.25, 0.3) is 0 Å². The predicted octanol–water partition coefficient (Wildman–Crippen LogP) is 4.14. The van der Waals surface area contributed by atoms with E-state index < -0.39 is 6.36 Å². The zero-order valence-electron chi connectivity index (χ0n) is 18.8. The third-order valence-electron chi connectivity index (χ3n) is 5.62. The zero-order chi connectivity index (χ0) is 24.8. The summed E-state index contributed by atoms with van der Waals surface area (Å²) in [6.07, 6.45) is 1.92. The molecule has 3 heterocycles. The van der Waals surface area contributed by atoms with E-state index in [1.807, 2.05) is 6.08 Å². The Morgan fingerprint density at radius 1 is 1.29 bits per heavy atom. The van der Waals surface area contributed by atoms with Gasteiger partial charge in [0.15, 0.2) is 0 Å². The Morgan fingerprint density at radius 2 is 2.14 bits per heavy atom. The number of hydrogen-bond donors (Lipinski definition) is 2. The highest BCUT2D eigenvalue weighted by molar-refractivity contribution is 8.26. The zero-order valence-corrected chi connectivity index (χ0v) is 19.7. The van der Waals surface area contributed by atoms with Crippen LogP contribution in [0.4, 0.5) is 13.2 Å². The van der Waals surface area contributed by atoms with Crippen molar-refractivity contribution in [2.24, 2.45) is 21.1 Å². The molecule has 1 aromatic carbocycles. The van der Waals surface area contributed by atoms with Gasteiger partial charge in [0.1, 0.15) is 17.4 Å². The fourth-order valence-corrected chi connectivity index (χ4v) is 4.99. The maximum Gasteiger partial charge on any atom is 0.573 e. The molecule has 3 aliphatic heterocycles. The standard InChI is InChI=1S/C23H25F3N6O2S/c24-23(25,26)34-17-6-1-4-15(12-17)13-21(33)29-19-8-9-20(31-30-19)32-11-3-5-16(14-32)22-28-10-2-7-18(27)35-22/h1-2,4,6-7,12,16,27H,3,5,8-11,13-14H2,(H,29,30,33). The Kier molecular flexibility index (Phi) is 7.89. The number of carbonyl (C=O) groups excluding carboxylic acids is 1. The number of hydrogen-bond acceptors (Lipinski definition) is 8. The number of halogens is 3. The van der Waals surface area contributed by atoms with E-state index in [9.17, 15) is 18.0 Å². The van der Waals surface area contributed by atoms with Gasteiger partial charge in [-0.3, -0.25) is 15.2 Å². The van der Waals surface area contributed by atoms with Crippen molar-refractivity contribution in [3.8, 4) is 5.75 Å². The lowest BCUT2D eigenvalue weighted by Gasteiger charge is -2.35. The first-order chi connectivity index (χ1) is 16.7. The molecule has 0 spiro atoms. The quantitative estimate of drug-likeness (QED) is 0.641. The van der Waals surface area contributed by atoms with Crippen molar-refractivity contribution < 1.29 is 22.7 Å². The maximum absolute atomic E-state index is 12.4. The molecule has 1 fully saturated rings. The topological polar surface area (TPSA) is 103 Å². The van der Waals surface area contributed by atoms with Crippen LogP contribution in [0, 0.1) is 11.3 Å². The normalized spacial score (nSPS) is 21.0. The number of amidine groups is 2. The van der Waals surface area contributed by atoms with Gasteiger partial charge in [-0.1, -0.05) is 30.0 Å². The van der Waals surface area contributed by atoms with Crippen molar-refractivity contribution in [2.45, 2.75) is 38.5 Å². The summed E-state index contributed by atoms with van der Waals surface area (Å²) < 4.78 is 41.1. The molecule has 3 aliphatic rings. The number of thioether (sulfide) groups is 1. The fourth-order valence-electron chi connectivity index (χ4n) is 4.11. The third-order valence-corrected chi connectivity index (χ3v) is 6.65.